The highest BCUT2D eigenvalue weighted by Crippen LogP contribution is 2.29. The van der Waals surface area contributed by atoms with E-state index in [1.54, 1.807) is 60.7 Å². The molecule has 3 rings (SSSR count). The van der Waals surface area contributed by atoms with Crippen molar-refractivity contribution in [2.75, 3.05) is 23.8 Å². The summed E-state index contributed by atoms with van der Waals surface area (Å²) in [6, 6.07) is 20.9. The molecule has 0 unspecified atom stereocenters. The number of esters is 1. The maximum absolute atomic E-state index is 12.2. The van der Waals surface area contributed by atoms with Crippen molar-refractivity contribution in [2.24, 2.45) is 0 Å². The topological polar surface area (TPSA) is 103 Å². The summed E-state index contributed by atoms with van der Waals surface area (Å²) in [7, 11) is 0. The first-order valence-electron chi connectivity index (χ1n) is 11.4. The Bertz CT molecular complexity index is 1170. The lowest BCUT2D eigenvalue weighted by Crippen LogP contribution is -2.21. The molecule has 0 heterocycles. The van der Waals surface area contributed by atoms with E-state index in [0.717, 1.165) is 0 Å². The molecule has 0 radical (unpaired) electrons. The summed E-state index contributed by atoms with van der Waals surface area (Å²) in [5.41, 5.74) is 1.17. The minimum absolute atomic E-state index is 0.0222. The molecule has 0 saturated heterocycles. The fourth-order valence-electron chi connectivity index (χ4n) is 3.09. The zero-order chi connectivity index (χ0) is 25.8. The van der Waals surface area contributed by atoms with Crippen LogP contribution in [0.25, 0.3) is 0 Å². The highest BCUT2D eigenvalue weighted by Gasteiger charge is 2.10. The standard InChI is InChI=1S/C27H27ClN2O6/c1-2-34-21-14-10-20(11-15-21)30-26(32)18-35-27(33)9-5-8-25(31)29-19-12-16-22(17-13-19)36-24-7-4-3-6-23(24)28/h3-4,6-7,10-17H,2,5,8-9,18H2,1H3,(H,29,31)(H,30,32). The molecule has 0 saturated carbocycles. The van der Waals surface area contributed by atoms with Gasteiger partial charge >= 0.3 is 5.97 Å². The van der Waals surface area contributed by atoms with Gasteiger partial charge in [0.15, 0.2) is 6.61 Å². The lowest BCUT2D eigenvalue weighted by molar-refractivity contribution is -0.147. The van der Waals surface area contributed by atoms with Crippen molar-refractivity contribution in [1.82, 2.24) is 0 Å². The van der Waals surface area contributed by atoms with Crippen molar-refractivity contribution >= 4 is 40.8 Å². The Hall–Kier alpha value is -4.04. The number of nitrogens with one attached hydrogen (secondary N) is 2. The van der Waals surface area contributed by atoms with E-state index in [9.17, 15) is 14.4 Å². The number of hydrogen-bond donors (Lipinski definition) is 2. The molecule has 188 valence electrons. The molecule has 0 aliphatic rings. The summed E-state index contributed by atoms with van der Waals surface area (Å²) in [6.07, 6.45) is 0.443. The summed E-state index contributed by atoms with van der Waals surface area (Å²) in [4.78, 5) is 36.0. The summed E-state index contributed by atoms with van der Waals surface area (Å²) >= 11 is 6.09. The molecule has 0 aromatic heterocycles. The normalized spacial score (nSPS) is 10.3. The Balaban J connectivity index is 1.32. The maximum Gasteiger partial charge on any atom is 0.306 e. The van der Waals surface area contributed by atoms with Crippen LogP contribution in [0.15, 0.2) is 72.8 Å². The monoisotopic (exact) mass is 510 g/mol. The van der Waals surface area contributed by atoms with E-state index in [2.05, 4.69) is 10.6 Å². The Morgan fingerprint density at radius 2 is 1.39 bits per heavy atom. The van der Waals surface area contributed by atoms with Crippen LogP contribution in [0.4, 0.5) is 11.4 Å². The van der Waals surface area contributed by atoms with Crippen LogP contribution >= 0.6 is 11.6 Å². The molecule has 0 aliphatic heterocycles. The predicted octanol–water partition coefficient (Wildman–Crippen LogP) is 5.82. The van der Waals surface area contributed by atoms with Gasteiger partial charge in [-0.1, -0.05) is 23.7 Å². The van der Waals surface area contributed by atoms with E-state index < -0.39 is 18.5 Å². The average Bonchev–Trinajstić information content (AvgIpc) is 2.87. The summed E-state index contributed by atoms with van der Waals surface area (Å²) in [5.74, 6) is 0.575. The van der Waals surface area contributed by atoms with Crippen LogP contribution in [-0.2, 0) is 19.1 Å². The second kappa shape index (κ2) is 13.7. The quantitative estimate of drug-likeness (QED) is 0.297. The van der Waals surface area contributed by atoms with Gasteiger partial charge in [-0.25, -0.2) is 0 Å². The van der Waals surface area contributed by atoms with Gasteiger partial charge in [-0.3, -0.25) is 14.4 Å². The first-order chi connectivity index (χ1) is 17.4. The van der Waals surface area contributed by atoms with Gasteiger partial charge < -0.3 is 24.8 Å². The number of halogens is 1. The van der Waals surface area contributed by atoms with Gasteiger partial charge in [-0.15, -0.1) is 0 Å². The Labute approximate surface area is 214 Å². The van der Waals surface area contributed by atoms with Crippen molar-refractivity contribution in [3.63, 3.8) is 0 Å². The summed E-state index contributed by atoms with van der Waals surface area (Å²) in [6.45, 7) is 2.03. The van der Waals surface area contributed by atoms with Crippen molar-refractivity contribution in [1.29, 1.82) is 0 Å². The molecular weight excluding hydrogens is 484 g/mol. The Morgan fingerprint density at radius 3 is 2.03 bits per heavy atom. The number of carbonyl (C=O) groups is 3. The van der Waals surface area contributed by atoms with Crippen LogP contribution in [0.3, 0.4) is 0 Å². The van der Waals surface area contributed by atoms with Gasteiger partial charge in [0.25, 0.3) is 5.91 Å². The molecule has 0 fully saturated rings. The van der Waals surface area contributed by atoms with Gasteiger partial charge in [0, 0.05) is 24.2 Å². The van der Waals surface area contributed by atoms with Crippen molar-refractivity contribution < 1.29 is 28.6 Å². The van der Waals surface area contributed by atoms with E-state index in [-0.39, 0.29) is 18.7 Å². The molecule has 0 aliphatic carbocycles. The van der Waals surface area contributed by atoms with E-state index in [0.29, 0.717) is 46.7 Å². The van der Waals surface area contributed by atoms with Crippen molar-refractivity contribution in [3.8, 4) is 17.2 Å². The van der Waals surface area contributed by atoms with Crippen LogP contribution < -0.4 is 20.1 Å². The number of ether oxygens (including phenoxy) is 3. The highest BCUT2D eigenvalue weighted by atomic mass is 35.5. The number of carbonyl (C=O) groups excluding carboxylic acids is 3. The number of benzene rings is 3. The number of para-hydroxylation sites is 1. The smallest absolute Gasteiger partial charge is 0.306 e. The molecule has 0 bridgehead atoms. The largest absolute Gasteiger partial charge is 0.494 e. The zero-order valence-electron chi connectivity index (χ0n) is 19.8. The number of anilines is 2. The fourth-order valence-corrected chi connectivity index (χ4v) is 3.27. The molecule has 0 atom stereocenters. The minimum Gasteiger partial charge on any atom is -0.494 e. The predicted molar refractivity (Wildman–Crippen MR) is 138 cm³/mol. The van der Waals surface area contributed by atoms with Crippen LogP contribution in [0, 0.1) is 0 Å². The van der Waals surface area contributed by atoms with Gasteiger partial charge in [-0.2, -0.15) is 0 Å². The molecule has 3 aromatic rings. The third-order valence-corrected chi connectivity index (χ3v) is 5.11. The minimum atomic E-state index is -0.550. The maximum atomic E-state index is 12.2. The van der Waals surface area contributed by atoms with E-state index >= 15 is 0 Å². The molecule has 3 aromatic carbocycles. The number of hydrogen-bond acceptors (Lipinski definition) is 6. The lowest BCUT2D eigenvalue weighted by atomic mass is 10.2. The summed E-state index contributed by atoms with van der Waals surface area (Å²) in [5, 5.41) is 5.90. The first kappa shape index (κ1) is 26.6. The Kier molecular flexibility index (Phi) is 10.1. The van der Waals surface area contributed by atoms with Crippen molar-refractivity contribution in [3.05, 3.63) is 77.8 Å². The van der Waals surface area contributed by atoms with E-state index in [1.165, 1.54) is 0 Å². The van der Waals surface area contributed by atoms with Crippen molar-refractivity contribution in [2.45, 2.75) is 26.2 Å². The highest BCUT2D eigenvalue weighted by molar-refractivity contribution is 6.32. The molecule has 8 nitrogen and oxygen atoms in total. The summed E-state index contributed by atoms with van der Waals surface area (Å²) < 4.78 is 16.0. The third-order valence-electron chi connectivity index (χ3n) is 4.80. The van der Waals surface area contributed by atoms with E-state index in [1.807, 2.05) is 19.1 Å². The van der Waals surface area contributed by atoms with Crippen LogP contribution in [0.5, 0.6) is 17.2 Å². The van der Waals surface area contributed by atoms with Crippen LogP contribution in [0.2, 0.25) is 5.02 Å². The second-order valence-corrected chi connectivity index (χ2v) is 8.03. The number of rotatable bonds is 12. The Morgan fingerprint density at radius 1 is 0.778 bits per heavy atom. The van der Waals surface area contributed by atoms with Crippen LogP contribution in [-0.4, -0.2) is 31.0 Å². The van der Waals surface area contributed by atoms with Gasteiger partial charge in [0.2, 0.25) is 5.91 Å². The first-order valence-corrected chi connectivity index (χ1v) is 11.8. The molecule has 2 N–H and O–H groups in total. The molecule has 36 heavy (non-hydrogen) atoms. The fraction of sp³-hybridized carbons (Fsp3) is 0.222. The average molecular weight is 511 g/mol. The van der Waals surface area contributed by atoms with Gasteiger partial charge in [-0.05, 0) is 74.0 Å². The van der Waals surface area contributed by atoms with E-state index in [4.69, 9.17) is 25.8 Å². The SMILES string of the molecule is CCOc1ccc(NC(=O)COC(=O)CCCC(=O)Nc2ccc(Oc3ccccc3Cl)cc2)cc1. The number of amides is 2. The molecule has 2 amide bonds. The van der Waals surface area contributed by atoms with Gasteiger partial charge in [0.05, 0.1) is 11.6 Å². The zero-order valence-corrected chi connectivity index (χ0v) is 20.5. The molecule has 0 spiro atoms. The lowest BCUT2D eigenvalue weighted by Gasteiger charge is -2.09. The molecular formula is C27H27ClN2O6. The second-order valence-electron chi connectivity index (χ2n) is 7.62. The van der Waals surface area contributed by atoms with Crippen LogP contribution in [0.1, 0.15) is 26.2 Å². The van der Waals surface area contributed by atoms with Gasteiger partial charge in [0.1, 0.15) is 17.2 Å². The molecule has 9 heteroatoms. The third kappa shape index (κ3) is 8.96.